The minimum Gasteiger partial charge on any atom is -0.495 e. The third kappa shape index (κ3) is 4.94. The highest BCUT2D eigenvalue weighted by Crippen LogP contribution is 2.67. The van der Waals surface area contributed by atoms with E-state index in [9.17, 15) is 4.79 Å². The molecule has 0 N–H and O–H groups in total. The van der Waals surface area contributed by atoms with Gasteiger partial charge >= 0.3 is 0 Å². The van der Waals surface area contributed by atoms with Gasteiger partial charge in [0.15, 0.2) is 0 Å². The molecule has 0 aromatic carbocycles. The molecule has 0 aromatic rings. The molecule has 0 aliphatic heterocycles. The predicted octanol–water partition coefficient (Wildman–Crippen LogP) is 8.91. The van der Waals surface area contributed by atoms with E-state index in [1.807, 2.05) is 0 Å². The molecule has 34 heavy (non-hydrogen) atoms. The number of rotatable bonds is 10. The van der Waals surface area contributed by atoms with E-state index >= 15 is 0 Å². The van der Waals surface area contributed by atoms with Gasteiger partial charge in [0.2, 0.25) is 0 Å². The van der Waals surface area contributed by atoms with Crippen LogP contribution in [0.5, 0.6) is 0 Å². The number of hydrogen-bond donors (Lipinski definition) is 0. The molecule has 8 atom stereocenters. The summed E-state index contributed by atoms with van der Waals surface area (Å²) in [6.07, 6.45) is 19.9. The topological polar surface area (TPSA) is 26.3 Å². The molecule has 0 amide bonds. The molecule has 3 fully saturated rings. The van der Waals surface area contributed by atoms with E-state index in [4.69, 9.17) is 4.74 Å². The first-order valence-electron chi connectivity index (χ1n) is 14.7. The van der Waals surface area contributed by atoms with Gasteiger partial charge in [-0.2, -0.15) is 0 Å². The Morgan fingerprint density at radius 1 is 1.12 bits per heavy atom. The lowest BCUT2D eigenvalue weighted by Gasteiger charge is -2.58. The minimum absolute atomic E-state index is 0.256. The van der Waals surface area contributed by atoms with E-state index < -0.39 is 0 Å². The van der Waals surface area contributed by atoms with Crippen LogP contribution < -0.4 is 0 Å². The van der Waals surface area contributed by atoms with Crippen LogP contribution in [-0.4, -0.2) is 12.4 Å². The first-order valence-corrected chi connectivity index (χ1v) is 14.7. The molecular formula is C32H52O2. The maximum Gasteiger partial charge on any atom is 0.120 e. The minimum atomic E-state index is 0.256. The van der Waals surface area contributed by atoms with E-state index in [1.54, 1.807) is 5.57 Å². The van der Waals surface area contributed by atoms with E-state index in [1.165, 1.54) is 57.8 Å². The second kappa shape index (κ2) is 10.5. The molecule has 0 radical (unpaired) electrons. The molecule has 2 nitrogen and oxygen atoms in total. The molecule has 8 unspecified atom stereocenters. The summed E-state index contributed by atoms with van der Waals surface area (Å²) < 4.78 is 6.20. The molecule has 3 saturated carbocycles. The number of carbonyl (C=O) groups excluding carboxylic acids is 1. The van der Waals surface area contributed by atoms with Crippen LogP contribution in [0.1, 0.15) is 118 Å². The lowest BCUT2D eigenvalue weighted by Crippen LogP contribution is -2.51. The van der Waals surface area contributed by atoms with Crippen LogP contribution in [0.3, 0.4) is 0 Å². The summed E-state index contributed by atoms with van der Waals surface area (Å²) in [7, 11) is 0. The Balaban J connectivity index is 1.42. The normalized spacial score (nSPS) is 40.1. The SMILES string of the molecule is C=C(CCC=O)OC1CCC2(C)C(=CCC3C2CCC2(C)C(C(C)CCCC(C)C)CCC32)C1. The molecule has 0 spiro atoms. The van der Waals surface area contributed by atoms with Crippen LogP contribution in [0.25, 0.3) is 0 Å². The third-order valence-electron chi connectivity index (χ3n) is 11.1. The number of ether oxygens (including phenoxy) is 1. The third-order valence-corrected chi connectivity index (χ3v) is 11.1. The number of fused-ring (bicyclic) bond motifs is 5. The molecule has 0 aromatic heterocycles. The fourth-order valence-corrected chi connectivity index (χ4v) is 9.27. The largest absolute Gasteiger partial charge is 0.495 e. The summed E-state index contributed by atoms with van der Waals surface area (Å²) in [6, 6.07) is 0. The highest BCUT2D eigenvalue weighted by Gasteiger charge is 2.59. The summed E-state index contributed by atoms with van der Waals surface area (Å²) in [5, 5.41) is 0. The molecule has 4 aliphatic carbocycles. The molecule has 2 heteroatoms. The van der Waals surface area contributed by atoms with Gasteiger partial charge in [-0.1, -0.05) is 72.1 Å². The highest BCUT2D eigenvalue weighted by molar-refractivity contribution is 5.49. The Labute approximate surface area is 210 Å². The van der Waals surface area contributed by atoms with Crippen LogP contribution in [0.15, 0.2) is 24.0 Å². The molecule has 0 heterocycles. The van der Waals surface area contributed by atoms with Crippen molar-refractivity contribution in [1.29, 1.82) is 0 Å². The Hall–Kier alpha value is -1.05. The fraction of sp³-hybridized carbons (Fsp3) is 0.844. The number of carbonyl (C=O) groups is 1. The van der Waals surface area contributed by atoms with Crippen molar-refractivity contribution in [1.82, 2.24) is 0 Å². The molecule has 192 valence electrons. The molecule has 0 bridgehead atoms. The van der Waals surface area contributed by atoms with Crippen molar-refractivity contribution in [3.8, 4) is 0 Å². The number of allylic oxidation sites excluding steroid dienone is 2. The molecular weight excluding hydrogens is 416 g/mol. The van der Waals surface area contributed by atoms with Crippen molar-refractivity contribution >= 4 is 6.29 Å². The van der Waals surface area contributed by atoms with Crippen LogP contribution in [0, 0.1) is 46.3 Å². The van der Waals surface area contributed by atoms with Gasteiger partial charge in [0.1, 0.15) is 12.4 Å². The van der Waals surface area contributed by atoms with Gasteiger partial charge in [0.25, 0.3) is 0 Å². The Bertz CT molecular complexity index is 765. The summed E-state index contributed by atoms with van der Waals surface area (Å²) in [5.74, 6) is 6.13. The Morgan fingerprint density at radius 2 is 1.91 bits per heavy atom. The lowest BCUT2D eigenvalue weighted by atomic mass is 9.47. The van der Waals surface area contributed by atoms with Gasteiger partial charge < -0.3 is 9.53 Å². The second-order valence-electron chi connectivity index (χ2n) is 13.5. The van der Waals surface area contributed by atoms with Gasteiger partial charge in [-0.3, -0.25) is 0 Å². The van der Waals surface area contributed by atoms with Gasteiger partial charge in [0, 0.05) is 19.3 Å². The summed E-state index contributed by atoms with van der Waals surface area (Å²) >= 11 is 0. The summed E-state index contributed by atoms with van der Waals surface area (Å²) in [4.78, 5) is 10.7. The fourth-order valence-electron chi connectivity index (χ4n) is 9.27. The van der Waals surface area contributed by atoms with E-state index in [0.717, 1.165) is 60.4 Å². The average molecular weight is 469 g/mol. The Morgan fingerprint density at radius 3 is 2.65 bits per heavy atom. The van der Waals surface area contributed by atoms with Gasteiger partial charge in [-0.25, -0.2) is 0 Å². The first-order chi connectivity index (χ1) is 16.2. The Kier molecular flexibility index (Phi) is 8.05. The monoisotopic (exact) mass is 468 g/mol. The molecule has 4 aliphatic rings. The van der Waals surface area contributed by atoms with E-state index in [-0.39, 0.29) is 6.10 Å². The second-order valence-corrected chi connectivity index (χ2v) is 13.5. The van der Waals surface area contributed by atoms with Crippen molar-refractivity contribution in [3.05, 3.63) is 24.0 Å². The van der Waals surface area contributed by atoms with Crippen molar-refractivity contribution < 1.29 is 9.53 Å². The summed E-state index contributed by atoms with van der Waals surface area (Å²) in [5.41, 5.74) is 2.61. The molecule has 4 rings (SSSR count). The maximum absolute atomic E-state index is 10.7. The predicted molar refractivity (Wildman–Crippen MR) is 142 cm³/mol. The summed E-state index contributed by atoms with van der Waals surface area (Å²) in [6.45, 7) is 16.7. The number of aldehydes is 1. The van der Waals surface area contributed by atoms with Crippen LogP contribution in [0.4, 0.5) is 0 Å². The van der Waals surface area contributed by atoms with Crippen molar-refractivity contribution in [3.63, 3.8) is 0 Å². The zero-order valence-electron chi connectivity index (χ0n) is 22.9. The maximum atomic E-state index is 10.7. The smallest absolute Gasteiger partial charge is 0.120 e. The number of hydrogen-bond acceptors (Lipinski definition) is 2. The zero-order valence-corrected chi connectivity index (χ0v) is 22.9. The van der Waals surface area contributed by atoms with Crippen LogP contribution >= 0.6 is 0 Å². The van der Waals surface area contributed by atoms with Gasteiger partial charge in [-0.05, 0) is 91.3 Å². The van der Waals surface area contributed by atoms with Crippen molar-refractivity contribution in [2.45, 2.75) is 124 Å². The van der Waals surface area contributed by atoms with Gasteiger partial charge in [-0.15, -0.1) is 0 Å². The quantitative estimate of drug-likeness (QED) is 0.182. The molecule has 0 saturated heterocycles. The lowest BCUT2D eigenvalue weighted by molar-refractivity contribution is -0.108. The van der Waals surface area contributed by atoms with Gasteiger partial charge in [0.05, 0.1) is 5.76 Å². The van der Waals surface area contributed by atoms with Crippen molar-refractivity contribution in [2.24, 2.45) is 46.3 Å². The average Bonchev–Trinajstić information content (AvgIpc) is 3.15. The van der Waals surface area contributed by atoms with Crippen LogP contribution in [0.2, 0.25) is 0 Å². The highest BCUT2D eigenvalue weighted by atomic mass is 16.5. The standard InChI is InChI=1S/C32H52O2/c1-22(2)9-7-10-23(3)28-14-15-29-27-13-12-25-21-26(34-24(4)11-8-20-33)16-18-31(25,5)30(27)17-19-32(28,29)6/h12,20,22-23,26-30H,4,7-11,13-19,21H2,1-3,5-6H3. The van der Waals surface area contributed by atoms with E-state index in [0.29, 0.717) is 23.7 Å². The zero-order chi connectivity index (χ0) is 24.5. The first kappa shape index (κ1) is 26.0. The van der Waals surface area contributed by atoms with Crippen LogP contribution in [-0.2, 0) is 9.53 Å². The van der Waals surface area contributed by atoms with Crippen molar-refractivity contribution in [2.75, 3.05) is 0 Å². The van der Waals surface area contributed by atoms with E-state index in [2.05, 4.69) is 47.3 Å².